The first-order chi connectivity index (χ1) is 11.1. The van der Waals surface area contributed by atoms with E-state index in [9.17, 15) is 0 Å². The van der Waals surface area contributed by atoms with Gasteiger partial charge >= 0.3 is 0 Å². The zero-order valence-electron chi connectivity index (χ0n) is 13.3. The van der Waals surface area contributed by atoms with Crippen molar-refractivity contribution in [2.75, 3.05) is 19.5 Å². The van der Waals surface area contributed by atoms with Crippen LogP contribution in [0.3, 0.4) is 0 Å². The van der Waals surface area contributed by atoms with E-state index in [1.807, 2.05) is 49.4 Å². The number of hydrogen-bond acceptors (Lipinski definition) is 4. The van der Waals surface area contributed by atoms with Crippen molar-refractivity contribution < 1.29 is 9.47 Å². The van der Waals surface area contributed by atoms with Gasteiger partial charge in [0.1, 0.15) is 0 Å². The average molecular weight is 329 g/mol. The van der Waals surface area contributed by atoms with Gasteiger partial charge in [0.25, 0.3) is 0 Å². The Morgan fingerprint density at radius 3 is 2.39 bits per heavy atom. The lowest BCUT2D eigenvalue weighted by molar-refractivity contribution is 0.354. The molecule has 0 saturated carbocycles. The van der Waals surface area contributed by atoms with Crippen LogP contribution in [0, 0.1) is 6.92 Å². The number of anilines is 1. The van der Waals surface area contributed by atoms with Crippen LogP contribution in [0.4, 0.5) is 5.69 Å². The number of nitrogens with zero attached hydrogens (tertiary/aromatic N) is 1. The molecule has 5 nitrogen and oxygen atoms in total. The fourth-order valence-corrected chi connectivity index (χ4v) is 2.15. The predicted octanol–water partition coefficient (Wildman–Crippen LogP) is 3.33. The van der Waals surface area contributed by atoms with E-state index in [0.717, 1.165) is 16.8 Å². The number of methoxy groups -OCH3 is 2. The van der Waals surface area contributed by atoms with Crippen LogP contribution in [-0.2, 0) is 0 Å². The van der Waals surface area contributed by atoms with Crippen LogP contribution in [-0.4, -0.2) is 25.5 Å². The van der Waals surface area contributed by atoms with E-state index in [0.29, 0.717) is 16.6 Å². The number of aryl methyl sites for hydroxylation is 1. The molecule has 0 radical (unpaired) electrons. The number of ether oxygens (including phenoxy) is 2. The Labute approximate surface area is 141 Å². The summed E-state index contributed by atoms with van der Waals surface area (Å²) in [6.07, 6.45) is 1.69. The molecule has 2 rings (SSSR count). The lowest BCUT2D eigenvalue weighted by Crippen LogP contribution is -2.23. The summed E-state index contributed by atoms with van der Waals surface area (Å²) in [4.78, 5) is 0. The van der Waals surface area contributed by atoms with E-state index in [2.05, 4.69) is 15.8 Å². The van der Waals surface area contributed by atoms with Crippen LogP contribution in [0.5, 0.6) is 11.5 Å². The molecule has 0 aliphatic rings. The molecule has 0 heterocycles. The van der Waals surface area contributed by atoms with Gasteiger partial charge in [-0.25, -0.2) is 0 Å². The monoisotopic (exact) mass is 329 g/mol. The summed E-state index contributed by atoms with van der Waals surface area (Å²) in [7, 11) is 3.21. The minimum Gasteiger partial charge on any atom is -0.493 e. The van der Waals surface area contributed by atoms with Gasteiger partial charge in [0, 0.05) is 11.3 Å². The maximum Gasteiger partial charge on any atom is 0.191 e. The van der Waals surface area contributed by atoms with E-state index < -0.39 is 0 Å². The van der Waals surface area contributed by atoms with Crippen molar-refractivity contribution in [2.24, 2.45) is 5.10 Å². The van der Waals surface area contributed by atoms with Gasteiger partial charge in [0.05, 0.1) is 20.4 Å². The largest absolute Gasteiger partial charge is 0.493 e. The fraction of sp³-hybridized carbons (Fsp3) is 0.176. The molecule has 0 amide bonds. The summed E-state index contributed by atoms with van der Waals surface area (Å²) < 4.78 is 10.6. The molecule has 0 spiro atoms. The Bertz CT molecular complexity index is 702. The molecule has 2 aromatic rings. The van der Waals surface area contributed by atoms with Crippen LogP contribution >= 0.6 is 12.2 Å². The van der Waals surface area contributed by atoms with Gasteiger partial charge in [-0.2, -0.15) is 5.10 Å². The van der Waals surface area contributed by atoms with Crippen molar-refractivity contribution in [1.29, 1.82) is 0 Å². The fourth-order valence-electron chi connectivity index (χ4n) is 1.98. The van der Waals surface area contributed by atoms with E-state index in [4.69, 9.17) is 21.7 Å². The summed E-state index contributed by atoms with van der Waals surface area (Å²) in [5.41, 5.74) is 5.63. The van der Waals surface area contributed by atoms with Gasteiger partial charge in [0.15, 0.2) is 16.6 Å². The van der Waals surface area contributed by atoms with E-state index >= 15 is 0 Å². The molecule has 0 atom stereocenters. The molecule has 6 heteroatoms. The molecule has 0 fully saturated rings. The molecule has 0 aromatic heterocycles. The molecule has 0 bridgehead atoms. The number of para-hydroxylation sites is 1. The highest BCUT2D eigenvalue weighted by Gasteiger charge is 2.07. The van der Waals surface area contributed by atoms with E-state index in [-0.39, 0.29) is 0 Å². The number of thiocarbonyl (C=S) groups is 1. The van der Waals surface area contributed by atoms with Gasteiger partial charge in [0.2, 0.25) is 0 Å². The van der Waals surface area contributed by atoms with Crippen molar-refractivity contribution in [2.45, 2.75) is 6.92 Å². The third-order valence-corrected chi connectivity index (χ3v) is 3.37. The zero-order valence-corrected chi connectivity index (χ0v) is 14.1. The molecule has 120 valence electrons. The minimum absolute atomic E-state index is 0.422. The smallest absolute Gasteiger partial charge is 0.191 e. The number of hydrogen-bond donors (Lipinski definition) is 2. The molecule has 23 heavy (non-hydrogen) atoms. The summed E-state index contributed by atoms with van der Waals surface area (Å²) >= 11 is 5.19. The van der Waals surface area contributed by atoms with Crippen LogP contribution in [0.15, 0.2) is 47.6 Å². The first kappa shape index (κ1) is 16.8. The van der Waals surface area contributed by atoms with Crippen molar-refractivity contribution >= 4 is 29.2 Å². The van der Waals surface area contributed by atoms with Gasteiger partial charge in [-0.15, -0.1) is 0 Å². The molecule has 0 unspecified atom stereocenters. The number of rotatable bonds is 5. The van der Waals surface area contributed by atoms with E-state index in [1.165, 1.54) is 0 Å². The van der Waals surface area contributed by atoms with Crippen LogP contribution in [0.25, 0.3) is 0 Å². The summed E-state index contributed by atoms with van der Waals surface area (Å²) in [6, 6.07) is 13.4. The third-order valence-electron chi connectivity index (χ3n) is 3.17. The van der Waals surface area contributed by atoms with E-state index in [1.54, 1.807) is 20.4 Å². The Hall–Kier alpha value is -2.60. The van der Waals surface area contributed by atoms with Gasteiger partial charge in [-0.1, -0.05) is 18.2 Å². The predicted molar refractivity (Wildman–Crippen MR) is 97.7 cm³/mol. The van der Waals surface area contributed by atoms with Crippen molar-refractivity contribution in [3.63, 3.8) is 0 Å². The molecular formula is C17H19N3O2S. The molecule has 0 aliphatic heterocycles. The highest BCUT2D eigenvalue weighted by Crippen LogP contribution is 2.29. The zero-order chi connectivity index (χ0) is 16.7. The molecular weight excluding hydrogens is 310 g/mol. The summed E-state index contributed by atoms with van der Waals surface area (Å²) in [5, 5.41) is 7.62. The molecule has 0 aliphatic carbocycles. The van der Waals surface area contributed by atoms with Crippen molar-refractivity contribution in [1.82, 2.24) is 5.43 Å². The third kappa shape index (κ3) is 4.69. The topological polar surface area (TPSA) is 54.9 Å². The Morgan fingerprint density at radius 2 is 1.74 bits per heavy atom. The van der Waals surface area contributed by atoms with Gasteiger partial charge in [-0.3, -0.25) is 5.43 Å². The SMILES string of the molecule is COc1cc(C)c(/C=N/NC(=S)Nc2ccccc2)cc1OC. The molecule has 2 aromatic carbocycles. The maximum absolute atomic E-state index is 5.29. The highest BCUT2D eigenvalue weighted by atomic mass is 32.1. The number of hydrazone groups is 1. The Kier molecular flexibility index (Phi) is 5.94. The van der Waals surface area contributed by atoms with Gasteiger partial charge in [-0.05, 0) is 49.0 Å². The average Bonchev–Trinajstić information content (AvgIpc) is 2.56. The number of benzene rings is 2. The Balaban J connectivity index is 2.01. The molecule has 0 saturated heterocycles. The summed E-state index contributed by atoms with van der Waals surface area (Å²) in [5.74, 6) is 1.35. The molecule has 2 N–H and O–H groups in total. The van der Waals surface area contributed by atoms with Crippen LogP contribution in [0.1, 0.15) is 11.1 Å². The normalized spacial score (nSPS) is 10.4. The standard InChI is InChI=1S/C17H19N3O2S/c1-12-9-15(21-2)16(22-3)10-13(12)11-18-20-17(23)19-14-7-5-4-6-8-14/h4-11H,1-3H3,(H2,19,20,23)/b18-11+. The van der Waals surface area contributed by atoms with Gasteiger partial charge < -0.3 is 14.8 Å². The number of nitrogens with one attached hydrogen (secondary N) is 2. The first-order valence-electron chi connectivity index (χ1n) is 7.01. The second kappa shape index (κ2) is 8.14. The minimum atomic E-state index is 0.422. The quantitative estimate of drug-likeness (QED) is 0.501. The first-order valence-corrected chi connectivity index (χ1v) is 7.42. The van der Waals surface area contributed by atoms with Crippen molar-refractivity contribution in [3.8, 4) is 11.5 Å². The summed E-state index contributed by atoms with van der Waals surface area (Å²) in [6.45, 7) is 1.98. The van der Waals surface area contributed by atoms with Crippen molar-refractivity contribution in [3.05, 3.63) is 53.6 Å². The lowest BCUT2D eigenvalue weighted by Gasteiger charge is -2.10. The lowest BCUT2D eigenvalue weighted by atomic mass is 10.1. The Morgan fingerprint density at radius 1 is 1.09 bits per heavy atom. The van der Waals surface area contributed by atoms with Crippen LogP contribution < -0.4 is 20.2 Å². The van der Waals surface area contributed by atoms with Crippen LogP contribution in [0.2, 0.25) is 0 Å². The highest BCUT2D eigenvalue weighted by molar-refractivity contribution is 7.80. The maximum atomic E-state index is 5.29. The second-order valence-electron chi connectivity index (χ2n) is 4.75. The second-order valence-corrected chi connectivity index (χ2v) is 5.16.